The minimum atomic E-state index is 0.339. The average molecular weight is 185 g/mol. The van der Waals surface area contributed by atoms with E-state index in [-0.39, 0.29) is 0 Å². The van der Waals surface area contributed by atoms with Crippen LogP contribution in [0.2, 0.25) is 0 Å². The van der Waals surface area contributed by atoms with Crippen molar-refractivity contribution in [1.82, 2.24) is 5.32 Å². The molecule has 0 aromatic carbocycles. The zero-order valence-electron chi connectivity index (χ0n) is 9.18. The third-order valence-corrected chi connectivity index (χ3v) is 3.23. The maximum absolute atomic E-state index is 5.82. The SMILES string of the molecule is CNC(C)C(C)OCC1CCCC1. The summed E-state index contributed by atoms with van der Waals surface area (Å²) in [6.07, 6.45) is 5.90. The van der Waals surface area contributed by atoms with Gasteiger partial charge in [-0.3, -0.25) is 0 Å². The molecule has 0 saturated heterocycles. The molecule has 2 heteroatoms. The number of nitrogens with one attached hydrogen (secondary N) is 1. The molecule has 1 saturated carbocycles. The summed E-state index contributed by atoms with van der Waals surface area (Å²) in [4.78, 5) is 0. The van der Waals surface area contributed by atoms with E-state index in [1.54, 1.807) is 0 Å². The fourth-order valence-electron chi connectivity index (χ4n) is 1.84. The minimum absolute atomic E-state index is 0.339. The molecule has 1 rings (SSSR count). The lowest BCUT2D eigenvalue weighted by Crippen LogP contribution is -2.35. The molecule has 2 atom stereocenters. The monoisotopic (exact) mass is 185 g/mol. The largest absolute Gasteiger partial charge is 0.377 e. The van der Waals surface area contributed by atoms with Crippen LogP contribution in [0.4, 0.5) is 0 Å². The third-order valence-electron chi connectivity index (χ3n) is 3.23. The van der Waals surface area contributed by atoms with Gasteiger partial charge in [0, 0.05) is 12.6 Å². The summed E-state index contributed by atoms with van der Waals surface area (Å²) in [7, 11) is 1.99. The van der Waals surface area contributed by atoms with Crippen molar-refractivity contribution in [3.8, 4) is 0 Å². The normalized spacial score (nSPS) is 23.3. The molecular weight excluding hydrogens is 162 g/mol. The number of hydrogen-bond acceptors (Lipinski definition) is 2. The van der Waals surface area contributed by atoms with E-state index in [1.165, 1.54) is 25.7 Å². The second kappa shape index (κ2) is 5.61. The second-order valence-corrected chi connectivity index (χ2v) is 4.27. The number of ether oxygens (including phenoxy) is 1. The molecule has 1 fully saturated rings. The molecular formula is C11H23NO. The lowest BCUT2D eigenvalue weighted by atomic mass is 10.1. The van der Waals surface area contributed by atoms with Gasteiger partial charge in [0.15, 0.2) is 0 Å². The van der Waals surface area contributed by atoms with Gasteiger partial charge in [-0.1, -0.05) is 12.8 Å². The Bertz CT molecular complexity index is 132. The summed E-state index contributed by atoms with van der Waals surface area (Å²) in [5.41, 5.74) is 0. The van der Waals surface area contributed by atoms with Crippen molar-refractivity contribution in [2.45, 2.75) is 51.7 Å². The van der Waals surface area contributed by atoms with E-state index in [2.05, 4.69) is 19.2 Å². The average Bonchev–Trinajstić information content (AvgIpc) is 2.65. The van der Waals surface area contributed by atoms with Crippen LogP contribution in [0.15, 0.2) is 0 Å². The summed E-state index contributed by atoms with van der Waals surface area (Å²) < 4.78 is 5.82. The van der Waals surface area contributed by atoms with Crippen molar-refractivity contribution >= 4 is 0 Å². The highest BCUT2D eigenvalue weighted by Crippen LogP contribution is 2.25. The van der Waals surface area contributed by atoms with E-state index in [4.69, 9.17) is 4.74 Å². The lowest BCUT2D eigenvalue weighted by molar-refractivity contribution is 0.0237. The Kier molecular flexibility index (Phi) is 4.74. The maximum Gasteiger partial charge on any atom is 0.0697 e. The van der Waals surface area contributed by atoms with E-state index in [9.17, 15) is 0 Å². The molecule has 0 aromatic rings. The zero-order chi connectivity index (χ0) is 9.68. The molecule has 0 aliphatic heterocycles. The molecule has 0 amide bonds. The fraction of sp³-hybridized carbons (Fsp3) is 1.00. The molecule has 0 bridgehead atoms. The molecule has 1 aliphatic carbocycles. The standard InChI is InChI=1S/C11H23NO/c1-9(12-3)10(2)13-8-11-6-4-5-7-11/h9-12H,4-8H2,1-3H3. The van der Waals surface area contributed by atoms with Gasteiger partial charge in [0.25, 0.3) is 0 Å². The Labute approximate surface area is 82.0 Å². The van der Waals surface area contributed by atoms with Crippen molar-refractivity contribution in [2.24, 2.45) is 5.92 Å². The Morgan fingerprint density at radius 1 is 1.31 bits per heavy atom. The first-order valence-electron chi connectivity index (χ1n) is 5.53. The molecule has 2 unspecified atom stereocenters. The van der Waals surface area contributed by atoms with Gasteiger partial charge >= 0.3 is 0 Å². The molecule has 0 radical (unpaired) electrons. The highest BCUT2D eigenvalue weighted by Gasteiger charge is 2.17. The third kappa shape index (κ3) is 3.65. The van der Waals surface area contributed by atoms with Gasteiger partial charge in [-0.05, 0) is 39.7 Å². The number of likely N-dealkylation sites (N-methyl/N-ethyl adjacent to an activating group) is 1. The topological polar surface area (TPSA) is 21.3 Å². The summed E-state index contributed by atoms with van der Waals surface area (Å²) in [6.45, 7) is 5.28. The van der Waals surface area contributed by atoms with Crippen LogP contribution in [0.5, 0.6) is 0 Å². The Morgan fingerprint density at radius 3 is 2.46 bits per heavy atom. The molecule has 0 aromatic heterocycles. The van der Waals surface area contributed by atoms with Crippen LogP contribution >= 0.6 is 0 Å². The van der Waals surface area contributed by atoms with Gasteiger partial charge in [-0.25, -0.2) is 0 Å². The van der Waals surface area contributed by atoms with Gasteiger partial charge in [0.2, 0.25) is 0 Å². The molecule has 0 spiro atoms. The highest BCUT2D eigenvalue weighted by atomic mass is 16.5. The second-order valence-electron chi connectivity index (χ2n) is 4.27. The first-order valence-corrected chi connectivity index (χ1v) is 5.53. The highest BCUT2D eigenvalue weighted by molar-refractivity contribution is 4.70. The fourth-order valence-corrected chi connectivity index (χ4v) is 1.84. The van der Waals surface area contributed by atoms with Crippen LogP contribution in [0, 0.1) is 5.92 Å². The predicted octanol–water partition coefficient (Wildman–Crippen LogP) is 2.19. The zero-order valence-corrected chi connectivity index (χ0v) is 9.18. The summed E-state index contributed by atoms with van der Waals surface area (Å²) in [5, 5.41) is 3.22. The van der Waals surface area contributed by atoms with E-state index in [0.29, 0.717) is 12.1 Å². The smallest absolute Gasteiger partial charge is 0.0697 e. The molecule has 13 heavy (non-hydrogen) atoms. The van der Waals surface area contributed by atoms with Crippen LogP contribution in [0.3, 0.4) is 0 Å². The first kappa shape index (κ1) is 11.0. The van der Waals surface area contributed by atoms with Crippen LogP contribution in [-0.2, 0) is 4.74 Å². The molecule has 1 N–H and O–H groups in total. The van der Waals surface area contributed by atoms with Gasteiger partial charge in [-0.2, -0.15) is 0 Å². The van der Waals surface area contributed by atoms with Crippen LogP contribution < -0.4 is 5.32 Å². The molecule has 0 heterocycles. The van der Waals surface area contributed by atoms with E-state index >= 15 is 0 Å². The summed E-state index contributed by atoms with van der Waals surface area (Å²) >= 11 is 0. The maximum atomic E-state index is 5.82. The van der Waals surface area contributed by atoms with Gasteiger partial charge < -0.3 is 10.1 Å². The molecule has 78 valence electrons. The van der Waals surface area contributed by atoms with Crippen LogP contribution in [0.25, 0.3) is 0 Å². The number of hydrogen-bond donors (Lipinski definition) is 1. The Morgan fingerprint density at radius 2 is 1.92 bits per heavy atom. The van der Waals surface area contributed by atoms with Gasteiger partial charge in [-0.15, -0.1) is 0 Å². The predicted molar refractivity (Wildman–Crippen MR) is 55.9 cm³/mol. The van der Waals surface area contributed by atoms with Crippen molar-refractivity contribution in [2.75, 3.05) is 13.7 Å². The quantitative estimate of drug-likeness (QED) is 0.709. The van der Waals surface area contributed by atoms with E-state index in [1.807, 2.05) is 7.05 Å². The summed E-state index contributed by atoms with van der Waals surface area (Å²) in [6, 6.07) is 0.460. The lowest BCUT2D eigenvalue weighted by Gasteiger charge is -2.21. The van der Waals surface area contributed by atoms with Gasteiger partial charge in [0.05, 0.1) is 6.10 Å². The number of rotatable bonds is 5. The Hall–Kier alpha value is -0.0800. The van der Waals surface area contributed by atoms with Crippen molar-refractivity contribution in [3.05, 3.63) is 0 Å². The van der Waals surface area contributed by atoms with Gasteiger partial charge in [0.1, 0.15) is 0 Å². The molecule has 1 aliphatic rings. The van der Waals surface area contributed by atoms with Crippen molar-refractivity contribution in [3.63, 3.8) is 0 Å². The first-order chi connectivity index (χ1) is 6.24. The van der Waals surface area contributed by atoms with Crippen molar-refractivity contribution in [1.29, 1.82) is 0 Å². The van der Waals surface area contributed by atoms with Crippen LogP contribution in [-0.4, -0.2) is 25.8 Å². The summed E-state index contributed by atoms with van der Waals surface area (Å²) in [5.74, 6) is 0.839. The van der Waals surface area contributed by atoms with E-state index < -0.39 is 0 Å². The molecule has 2 nitrogen and oxygen atoms in total. The Balaban J connectivity index is 2.10. The van der Waals surface area contributed by atoms with Crippen LogP contribution in [0.1, 0.15) is 39.5 Å². The minimum Gasteiger partial charge on any atom is -0.377 e. The van der Waals surface area contributed by atoms with E-state index in [0.717, 1.165) is 12.5 Å². The van der Waals surface area contributed by atoms with Crippen molar-refractivity contribution < 1.29 is 4.74 Å².